The van der Waals surface area contributed by atoms with Gasteiger partial charge in [-0.15, -0.1) is 0 Å². The summed E-state index contributed by atoms with van der Waals surface area (Å²) in [4.78, 5) is 16.7. The molecule has 3 rings (SSSR count). The van der Waals surface area contributed by atoms with Gasteiger partial charge in [0.15, 0.2) is 12.4 Å². The smallest absolute Gasteiger partial charge is 0.228 e. The monoisotopic (exact) mass is 249 g/mol. The van der Waals surface area contributed by atoms with Crippen molar-refractivity contribution in [2.45, 2.75) is 6.54 Å². The molecule has 0 saturated heterocycles. The minimum Gasteiger partial charge on any atom is -0.287 e. The van der Waals surface area contributed by atoms with Gasteiger partial charge in [0, 0.05) is 29.3 Å². The summed E-state index contributed by atoms with van der Waals surface area (Å²) in [5, 5.41) is 0.909. The molecule has 92 valence electrons. The van der Waals surface area contributed by atoms with Gasteiger partial charge in [0.2, 0.25) is 12.3 Å². The van der Waals surface area contributed by atoms with Crippen LogP contribution in [-0.2, 0) is 6.54 Å². The average molecular weight is 249 g/mol. The Kier molecular flexibility index (Phi) is 3.02. The van der Waals surface area contributed by atoms with E-state index in [1.54, 1.807) is 6.20 Å². The van der Waals surface area contributed by atoms with Crippen molar-refractivity contribution in [2.24, 2.45) is 0 Å². The van der Waals surface area contributed by atoms with Crippen LogP contribution in [0.1, 0.15) is 10.4 Å². The van der Waals surface area contributed by atoms with Gasteiger partial charge in [0.25, 0.3) is 0 Å². The molecule has 0 amide bonds. The summed E-state index contributed by atoms with van der Waals surface area (Å²) in [6.45, 7) is 0.342. The number of nitrogens with zero attached hydrogens (tertiary/aromatic N) is 2. The fraction of sp³-hybridized carbons (Fsp3) is 0.0625. The summed E-state index contributed by atoms with van der Waals surface area (Å²) in [5.74, 6) is 0.0924. The second kappa shape index (κ2) is 4.98. The molecule has 3 aromatic rings. The lowest BCUT2D eigenvalue weighted by Crippen LogP contribution is -2.36. The van der Waals surface area contributed by atoms with Gasteiger partial charge in [0.1, 0.15) is 0 Å². The van der Waals surface area contributed by atoms with Gasteiger partial charge in [0.05, 0.1) is 5.52 Å². The number of hydrogen-bond acceptors (Lipinski definition) is 2. The van der Waals surface area contributed by atoms with Gasteiger partial charge in [-0.1, -0.05) is 24.3 Å². The second-order valence-corrected chi connectivity index (χ2v) is 4.35. The molecule has 0 aliphatic heterocycles. The van der Waals surface area contributed by atoms with Crippen molar-refractivity contribution in [3.63, 3.8) is 0 Å². The molecule has 19 heavy (non-hydrogen) atoms. The maximum atomic E-state index is 12.4. The molecule has 2 aromatic heterocycles. The molecular weight excluding hydrogens is 236 g/mol. The Hall–Kier alpha value is -2.55. The summed E-state index contributed by atoms with van der Waals surface area (Å²) in [7, 11) is 0. The zero-order valence-electron chi connectivity index (χ0n) is 10.4. The van der Waals surface area contributed by atoms with Crippen LogP contribution >= 0.6 is 0 Å². The lowest BCUT2D eigenvalue weighted by atomic mass is 10.0. The van der Waals surface area contributed by atoms with Gasteiger partial charge in [-0.2, -0.15) is 4.57 Å². The molecule has 1 aromatic carbocycles. The summed E-state index contributed by atoms with van der Waals surface area (Å²) >= 11 is 0. The van der Waals surface area contributed by atoms with Crippen LogP contribution in [0.25, 0.3) is 10.9 Å². The predicted octanol–water partition coefficient (Wildman–Crippen LogP) is 2.41. The first kappa shape index (κ1) is 11.5. The van der Waals surface area contributed by atoms with Gasteiger partial charge < -0.3 is 0 Å². The average Bonchev–Trinajstić information content (AvgIpc) is 2.47. The molecule has 0 spiro atoms. The third kappa shape index (κ3) is 2.36. The number of carbonyl (C=O) groups is 1. The van der Waals surface area contributed by atoms with Gasteiger partial charge >= 0.3 is 0 Å². The minimum absolute atomic E-state index is 0.0924. The highest BCUT2D eigenvalue weighted by atomic mass is 16.1. The number of hydrogen-bond donors (Lipinski definition) is 0. The minimum atomic E-state index is 0.0924. The molecule has 0 N–H and O–H groups in total. The van der Waals surface area contributed by atoms with Crippen LogP contribution in [0.4, 0.5) is 0 Å². The highest BCUT2D eigenvalue weighted by Gasteiger charge is 2.14. The van der Waals surface area contributed by atoms with Gasteiger partial charge in [-0.05, 0) is 12.1 Å². The van der Waals surface area contributed by atoms with E-state index in [1.165, 1.54) is 0 Å². The number of rotatable bonds is 3. The zero-order valence-corrected chi connectivity index (χ0v) is 10.4. The molecule has 0 bridgehead atoms. The lowest BCUT2D eigenvalue weighted by Gasteiger charge is -2.03. The van der Waals surface area contributed by atoms with Crippen molar-refractivity contribution >= 4 is 16.7 Å². The Morgan fingerprint density at radius 2 is 1.84 bits per heavy atom. The van der Waals surface area contributed by atoms with E-state index >= 15 is 0 Å². The van der Waals surface area contributed by atoms with Gasteiger partial charge in [-0.25, -0.2) is 0 Å². The normalized spacial score (nSPS) is 10.5. The maximum absolute atomic E-state index is 12.4. The standard InChI is InChI=1S/C16H13N2O/c19-16(12-18-10-2-1-3-11-18)14-6-4-8-15-13(14)7-5-9-17-15/h1-11H,12H2/q+1. The fourth-order valence-electron chi connectivity index (χ4n) is 2.14. The second-order valence-electron chi connectivity index (χ2n) is 4.35. The SMILES string of the molecule is O=C(C[n+]1ccccc1)c1cccc2ncccc12. The largest absolute Gasteiger partial charge is 0.287 e. The van der Waals surface area contributed by atoms with Crippen LogP contribution in [0, 0.1) is 0 Å². The molecule has 0 fully saturated rings. The molecule has 2 heterocycles. The summed E-state index contributed by atoms with van der Waals surface area (Å²) < 4.78 is 1.87. The Bertz CT molecular complexity index is 718. The Morgan fingerprint density at radius 3 is 2.68 bits per heavy atom. The van der Waals surface area contributed by atoms with Crippen molar-refractivity contribution in [3.8, 4) is 0 Å². The van der Waals surface area contributed by atoms with Crippen molar-refractivity contribution in [1.82, 2.24) is 4.98 Å². The van der Waals surface area contributed by atoms with Crippen LogP contribution in [0.3, 0.4) is 0 Å². The third-order valence-corrected chi connectivity index (χ3v) is 3.05. The molecule has 0 aliphatic carbocycles. The molecule has 0 saturated carbocycles. The number of fused-ring (bicyclic) bond motifs is 1. The summed E-state index contributed by atoms with van der Waals surface area (Å²) in [6.07, 6.45) is 5.52. The van der Waals surface area contributed by atoms with Crippen LogP contribution in [0.2, 0.25) is 0 Å². The maximum Gasteiger partial charge on any atom is 0.228 e. The number of carbonyl (C=O) groups excluding carboxylic acids is 1. The molecule has 0 radical (unpaired) electrons. The number of pyridine rings is 2. The van der Waals surface area contributed by atoms with E-state index < -0.39 is 0 Å². The topological polar surface area (TPSA) is 33.8 Å². The Balaban J connectivity index is 1.98. The van der Waals surface area contributed by atoms with Crippen LogP contribution < -0.4 is 4.57 Å². The molecule has 0 atom stereocenters. The van der Waals surface area contributed by atoms with Crippen LogP contribution in [0.15, 0.2) is 67.1 Å². The van der Waals surface area contributed by atoms with Crippen LogP contribution in [0.5, 0.6) is 0 Å². The Morgan fingerprint density at radius 1 is 1.00 bits per heavy atom. The van der Waals surface area contributed by atoms with E-state index in [-0.39, 0.29) is 5.78 Å². The summed E-state index contributed by atoms with van der Waals surface area (Å²) in [5.41, 5.74) is 1.58. The molecule has 3 heteroatoms. The van der Waals surface area contributed by atoms with Crippen molar-refractivity contribution in [3.05, 3.63) is 72.7 Å². The number of benzene rings is 1. The third-order valence-electron chi connectivity index (χ3n) is 3.05. The van der Waals surface area contributed by atoms with E-state index in [2.05, 4.69) is 4.98 Å². The first-order valence-corrected chi connectivity index (χ1v) is 6.15. The molecule has 0 unspecified atom stereocenters. The quantitative estimate of drug-likeness (QED) is 0.527. The Labute approximate surface area is 111 Å². The van der Waals surface area contributed by atoms with E-state index in [0.717, 1.165) is 16.5 Å². The van der Waals surface area contributed by atoms with Crippen molar-refractivity contribution < 1.29 is 9.36 Å². The highest BCUT2D eigenvalue weighted by Crippen LogP contribution is 2.16. The van der Waals surface area contributed by atoms with E-state index in [4.69, 9.17) is 0 Å². The summed E-state index contributed by atoms with van der Waals surface area (Å²) in [6, 6.07) is 15.2. The van der Waals surface area contributed by atoms with Gasteiger partial charge in [-0.3, -0.25) is 9.78 Å². The first-order valence-electron chi connectivity index (χ1n) is 6.15. The first-order chi connectivity index (χ1) is 9.34. The molecule has 3 nitrogen and oxygen atoms in total. The molecule has 0 aliphatic rings. The van der Waals surface area contributed by atoms with Crippen LogP contribution in [-0.4, -0.2) is 10.8 Å². The van der Waals surface area contributed by atoms with Crippen molar-refractivity contribution in [1.29, 1.82) is 0 Å². The predicted molar refractivity (Wildman–Crippen MR) is 72.7 cm³/mol. The highest BCUT2D eigenvalue weighted by molar-refractivity contribution is 6.06. The lowest BCUT2D eigenvalue weighted by molar-refractivity contribution is -0.683. The molecular formula is C16H13N2O+. The number of Topliss-reactive ketones (excluding diaryl/α,β-unsaturated/α-hetero) is 1. The number of ketones is 1. The zero-order chi connectivity index (χ0) is 13.1. The fourth-order valence-corrected chi connectivity index (χ4v) is 2.14. The number of aromatic nitrogens is 2. The van der Waals surface area contributed by atoms with Crippen molar-refractivity contribution in [2.75, 3.05) is 0 Å². The van der Waals surface area contributed by atoms with E-state index in [1.807, 2.05) is 65.5 Å². The van der Waals surface area contributed by atoms with E-state index in [0.29, 0.717) is 6.54 Å². The van der Waals surface area contributed by atoms with E-state index in [9.17, 15) is 4.79 Å².